The lowest BCUT2D eigenvalue weighted by atomic mass is 9.93. The van der Waals surface area contributed by atoms with E-state index < -0.39 is 11.6 Å². The molecule has 1 aromatic rings. The summed E-state index contributed by atoms with van der Waals surface area (Å²) in [6.45, 7) is 7.17. The normalized spacial score (nSPS) is 14.6. The van der Waals surface area contributed by atoms with Crippen molar-refractivity contribution in [3.8, 4) is 0 Å². The van der Waals surface area contributed by atoms with E-state index >= 15 is 0 Å². The lowest BCUT2D eigenvalue weighted by Gasteiger charge is -2.30. The maximum atomic E-state index is 13.3. The van der Waals surface area contributed by atoms with Gasteiger partial charge < -0.3 is 10.1 Å². The Balaban J connectivity index is 2.84. The van der Waals surface area contributed by atoms with Gasteiger partial charge in [0.05, 0.1) is 6.10 Å². The van der Waals surface area contributed by atoms with Crippen LogP contribution in [0, 0.1) is 17.6 Å². The molecule has 0 amide bonds. The number of nitrogens with one attached hydrogen (secondary N) is 1. The molecule has 1 N–H and O–H groups in total. The Bertz CT molecular complexity index is 409. The van der Waals surface area contributed by atoms with Crippen LogP contribution in [0.25, 0.3) is 0 Å². The van der Waals surface area contributed by atoms with Gasteiger partial charge in [0.2, 0.25) is 0 Å². The van der Waals surface area contributed by atoms with Crippen LogP contribution in [0.5, 0.6) is 0 Å². The van der Waals surface area contributed by atoms with Gasteiger partial charge >= 0.3 is 0 Å². The van der Waals surface area contributed by atoms with Crippen molar-refractivity contribution < 1.29 is 13.5 Å². The number of hydrogen-bond acceptors (Lipinski definition) is 2. The summed E-state index contributed by atoms with van der Waals surface area (Å²) in [7, 11) is 1.69. The van der Waals surface area contributed by atoms with Crippen LogP contribution in [0.15, 0.2) is 18.2 Å². The molecule has 0 aliphatic heterocycles. The smallest absolute Gasteiger partial charge is 0.159 e. The Morgan fingerprint density at radius 3 is 2.40 bits per heavy atom. The number of methoxy groups -OCH3 is 1. The van der Waals surface area contributed by atoms with Gasteiger partial charge in [-0.1, -0.05) is 26.8 Å². The highest BCUT2D eigenvalue weighted by Crippen LogP contribution is 2.17. The van der Waals surface area contributed by atoms with Crippen LogP contribution in [0.1, 0.15) is 32.8 Å². The summed E-state index contributed by atoms with van der Waals surface area (Å²) >= 11 is 0. The first-order valence-corrected chi connectivity index (χ1v) is 7.19. The molecule has 2 atom stereocenters. The van der Waals surface area contributed by atoms with Gasteiger partial charge in [-0.15, -0.1) is 0 Å². The number of rotatable bonds is 8. The molecule has 2 nitrogen and oxygen atoms in total. The largest absolute Gasteiger partial charge is 0.380 e. The van der Waals surface area contributed by atoms with Crippen molar-refractivity contribution in [2.24, 2.45) is 5.92 Å². The van der Waals surface area contributed by atoms with E-state index in [2.05, 4.69) is 26.1 Å². The first-order valence-electron chi connectivity index (χ1n) is 7.19. The molecular formula is C16H25F2NO. The lowest BCUT2D eigenvalue weighted by molar-refractivity contribution is 0.0332. The number of hydrogen-bond donors (Lipinski definition) is 1. The molecule has 2 unspecified atom stereocenters. The highest BCUT2D eigenvalue weighted by atomic mass is 19.2. The third-order valence-corrected chi connectivity index (χ3v) is 3.42. The van der Waals surface area contributed by atoms with Gasteiger partial charge in [0.25, 0.3) is 0 Å². The molecule has 0 spiro atoms. The molecule has 1 aromatic carbocycles. The zero-order chi connectivity index (χ0) is 15.1. The molecule has 0 heterocycles. The molecule has 0 saturated heterocycles. The Labute approximate surface area is 120 Å². The van der Waals surface area contributed by atoms with Crippen LogP contribution in [0.4, 0.5) is 8.78 Å². The van der Waals surface area contributed by atoms with Crippen LogP contribution in [0.2, 0.25) is 0 Å². The second kappa shape index (κ2) is 8.32. The molecular weight excluding hydrogens is 260 g/mol. The first kappa shape index (κ1) is 17.1. The van der Waals surface area contributed by atoms with Crippen LogP contribution < -0.4 is 5.32 Å². The van der Waals surface area contributed by atoms with Crippen LogP contribution in [-0.2, 0) is 11.2 Å². The molecule has 0 aliphatic rings. The van der Waals surface area contributed by atoms with E-state index in [1.165, 1.54) is 12.1 Å². The predicted octanol–water partition coefficient (Wildman–Crippen LogP) is 3.55. The zero-order valence-electron chi connectivity index (χ0n) is 12.7. The van der Waals surface area contributed by atoms with Gasteiger partial charge in [-0.25, -0.2) is 8.78 Å². The number of benzene rings is 1. The van der Waals surface area contributed by atoms with Gasteiger partial charge in [-0.3, -0.25) is 0 Å². The summed E-state index contributed by atoms with van der Waals surface area (Å²) in [5.74, 6) is -1.26. The van der Waals surface area contributed by atoms with E-state index in [0.717, 1.165) is 18.5 Å². The van der Waals surface area contributed by atoms with Crippen molar-refractivity contribution in [2.45, 2.75) is 45.8 Å². The minimum absolute atomic E-state index is 0.0367. The second-order valence-corrected chi connectivity index (χ2v) is 5.46. The van der Waals surface area contributed by atoms with Gasteiger partial charge in [0, 0.05) is 13.2 Å². The van der Waals surface area contributed by atoms with Gasteiger partial charge in [-0.05, 0) is 43.0 Å². The van der Waals surface area contributed by atoms with Crippen molar-refractivity contribution in [2.75, 3.05) is 13.7 Å². The van der Waals surface area contributed by atoms with Gasteiger partial charge in [0.1, 0.15) is 0 Å². The van der Waals surface area contributed by atoms with Crippen molar-refractivity contribution >= 4 is 0 Å². The van der Waals surface area contributed by atoms with Gasteiger partial charge in [0.15, 0.2) is 11.6 Å². The van der Waals surface area contributed by atoms with E-state index in [9.17, 15) is 8.78 Å². The van der Waals surface area contributed by atoms with E-state index in [-0.39, 0.29) is 12.1 Å². The van der Waals surface area contributed by atoms with Crippen LogP contribution >= 0.6 is 0 Å². The zero-order valence-corrected chi connectivity index (χ0v) is 12.7. The molecule has 0 bridgehead atoms. The number of ether oxygens (including phenoxy) is 1. The fourth-order valence-electron chi connectivity index (χ4n) is 2.46. The average Bonchev–Trinajstić information content (AvgIpc) is 2.40. The SMILES string of the molecule is CCCNC(Cc1ccc(F)c(F)c1)C(OC)C(C)C. The average molecular weight is 285 g/mol. The summed E-state index contributed by atoms with van der Waals surface area (Å²) in [4.78, 5) is 0. The van der Waals surface area contributed by atoms with Crippen molar-refractivity contribution in [3.63, 3.8) is 0 Å². The topological polar surface area (TPSA) is 21.3 Å². The van der Waals surface area contributed by atoms with E-state index in [4.69, 9.17) is 4.74 Å². The van der Waals surface area contributed by atoms with Crippen LogP contribution in [-0.4, -0.2) is 25.8 Å². The second-order valence-electron chi connectivity index (χ2n) is 5.46. The summed E-state index contributed by atoms with van der Waals surface area (Å²) < 4.78 is 31.8. The maximum Gasteiger partial charge on any atom is 0.159 e. The van der Waals surface area contributed by atoms with E-state index in [0.29, 0.717) is 12.3 Å². The van der Waals surface area contributed by atoms with Crippen molar-refractivity contribution in [3.05, 3.63) is 35.4 Å². The fourth-order valence-corrected chi connectivity index (χ4v) is 2.46. The standard InChI is InChI=1S/C16H25F2NO/c1-5-8-19-15(16(20-4)11(2)3)10-12-6-7-13(17)14(18)9-12/h6-7,9,11,15-16,19H,5,8,10H2,1-4H3. The van der Waals surface area contributed by atoms with E-state index in [1.54, 1.807) is 13.2 Å². The van der Waals surface area contributed by atoms with Crippen molar-refractivity contribution in [1.82, 2.24) is 5.32 Å². The Kier molecular flexibility index (Phi) is 7.10. The van der Waals surface area contributed by atoms with Crippen LogP contribution in [0.3, 0.4) is 0 Å². The van der Waals surface area contributed by atoms with Crippen molar-refractivity contribution in [1.29, 1.82) is 0 Å². The Morgan fingerprint density at radius 1 is 1.20 bits per heavy atom. The molecule has 1 rings (SSSR count). The van der Waals surface area contributed by atoms with Gasteiger partial charge in [-0.2, -0.15) is 0 Å². The molecule has 0 aliphatic carbocycles. The number of halogens is 2. The fraction of sp³-hybridized carbons (Fsp3) is 0.625. The summed E-state index contributed by atoms with van der Waals surface area (Å²) in [6, 6.07) is 4.16. The van der Waals surface area contributed by atoms with E-state index in [1.807, 2.05) is 0 Å². The molecule has 114 valence electrons. The third-order valence-electron chi connectivity index (χ3n) is 3.42. The Hall–Kier alpha value is -1.00. The predicted molar refractivity (Wildman–Crippen MR) is 77.8 cm³/mol. The quantitative estimate of drug-likeness (QED) is 0.788. The molecule has 0 radical (unpaired) electrons. The summed E-state index contributed by atoms with van der Waals surface area (Å²) in [5, 5.41) is 3.44. The highest BCUT2D eigenvalue weighted by molar-refractivity contribution is 5.19. The Morgan fingerprint density at radius 2 is 1.90 bits per heavy atom. The molecule has 0 fully saturated rings. The molecule has 20 heavy (non-hydrogen) atoms. The summed E-state index contributed by atoms with van der Waals surface area (Å²) in [6.07, 6.45) is 1.67. The molecule has 0 saturated carbocycles. The minimum atomic E-state index is -0.807. The monoisotopic (exact) mass is 285 g/mol. The molecule has 4 heteroatoms. The third kappa shape index (κ3) is 4.84. The lowest BCUT2D eigenvalue weighted by Crippen LogP contribution is -2.45. The minimum Gasteiger partial charge on any atom is -0.380 e. The first-order chi connectivity index (χ1) is 9.49. The molecule has 0 aromatic heterocycles. The maximum absolute atomic E-state index is 13.3. The summed E-state index contributed by atoms with van der Waals surface area (Å²) in [5.41, 5.74) is 0.778. The highest BCUT2D eigenvalue weighted by Gasteiger charge is 2.24.